The highest BCUT2D eigenvalue weighted by molar-refractivity contribution is 8.13. The third-order valence-electron chi connectivity index (χ3n) is 6.78. The van der Waals surface area contributed by atoms with E-state index in [2.05, 4.69) is 64.1 Å². The van der Waals surface area contributed by atoms with Crippen LogP contribution in [0.1, 0.15) is 12.0 Å². The average Bonchev–Trinajstić information content (AvgIpc) is 3.21. The second-order valence-corrected chi connectivity index (χ2v) is 9.71. The third-order valence-corrected chi connectivity index (χ3v) is 7.49. The number of thioether (sulfide) groups is 1. The zero-order valence-corrected chi connectivity index (χ0v) is 20.9. The summed E-state index contributed by atoms with van der Waals surface area (Å²) in [6.07, 6.45) is 9.38. The zero-order chi connectivity index (χ0) is 25.4. The summed E-state index contributed by atoms with van der Waals surface area (Å²) in [4.78, 5) is 7.02. The molecule has 6 rings (SSSR count). The molecule has 2 aliphatic heterocycles. The molecule has 3 aromatic carbocycles. The number of hydrazine groups is 1. The third kappa shape index (κ3) is 3.77. The van der Waals surface area contributed by atoms with Gasteiger partial charge < -0.3 is 10.4 Å². The molecule has 184 valence electrons. The van der Waals surface area contributed by atoms with Crippen LogP contribution in [0.15, 0.2) is 126 Å². The van der Waals surface area contributed by atoms with Crippen molar-refractivity contribution in [2.45, 2.75) is 12.1 Å². The van der Waals surface area contributed by atoms with Gasteiger partial charge in [0.1, 0.15) is 5.82 Å². The molecule has 0 saturated carbocycles. The fraction of sp³-hybridized carbons (Fsp3) is 0.103. The summed E-state index contributed by atoms with van der Waals surface area (Å²) in [5, 5.41) is 25.9. The van der Waals surface area contributed by atoms with Gasteiger partial charge in [-0.2, -0.15) is 4.90 Å². The minimum Gasteiger partial charge on any atom is -0.612 e. The maximum absolute atomic E-state index is 11.4. The minimum absolute atomic E-state index is 0.0563. The van der Waals surface area contributed by atoms with Gasteiger partial charge in [-0.3, -0.25) is 15.3 Å². The molecule has 1 aliphatic carbocycles. The molecule has 7 nitrogen and oxygen atoms in total. The van der Waals surface area contributed by atoms with E-state index in [4.69, 9.17) is 4.99 Å². The Morgan fingerprint density at radius 2 is 1.51 bits per heavy atom. The molecule has 2 heterocycles. The fourth-order valence-corrected chi connectivity index (χ4v) is 5.65. The lowest BCUT2D eigenvalue weighted by atomic mass is 9.92. The van der Waals surface area contributed by atoms with Gasteiger partial charge in [-0.25, -0.2) is 4.99 Å². The van der Waals surface area contributed by atoms with Crippen molar-refractivity contribution >= 4 is 39.6 Å². The number of hydrogen-bond donors (Lipinski definition) is 1. The van der Waals surface area contributed by atoms with Gasteiger partial charge in [0, 0.05) is 29.7 Å². The number of rotatable bonds is 2. The van der Waals surface area contributed by atoms with Gasteiger partial charge in [-0.15, -0.1) is 11.8 Å². The van der Waals surface area contributed by atoms with E-state index in [1.807, 2.05) is 42.5 Å². The second kappa shape index (κ2) is 9.22. The summed E-state index contributed by atoms with van der Waals surface area (Å²) in [7, 11) is 0. The number of benzene rings is 3. The first kappa shape index (κ1) is 23.0. The molecule has 3 aliphatic rings. The first-order valence-electron chi connectivity index (χ1n) is 11.9. The van der Waals surface area contributed by atoms with Crippen molar-refractivity contribution in [1.82, 2.24) is 5.43 Å². The molecular weight excluding hydrogens is 482 g/mol. The number of para-hydroxylation sites is 3. The maximum Gasteiger partial charge on any atom is 0.222 e. The Balaban J connectivity index is 1.68. The van der Waals surface area contributed by atoms with Crippen LogP contribution in [0.25, 0.3) is 0 Å². The molecule has 1 fully saturated rings. The van der Waals surface area contributed by atoms with Crippen LogP contribution in [0.3, 0.4) is 0 Å². The molecule has 0 amide bonds. The summed E-state index contributed by atoms with van der Waals surface area (Å²) in [5.74, 6) is 0.826. The summed E-state index contributed by atoms with van der Waals surface area (Å²) in [6.45, 7) is 0. The van der Waals surface area contributed by atoms with Gasteiger partial charge in [0.25, 0.3) is 0 Å². The van der Waals surface area contributed by atoms with E-state index < -0.39 is 5.66 Å². The van der Waals surface area contributed by atoms with Gasteiger partial charge in [0.15, 0.2) is 5.66 Å². The number of allylic oxidation sites excluding steroid dienone is 5. The molecule has 3 aromatic rings. The summed E-state index contributed by atoms with van der Waals surface area (Å²) >= 11 is 1.65. The molecule has 0 radical (unpaired) electrons. The van der Waals surface area contributed by atoms with Crippen LogP contribution >= 0.6 is 11.8 Å². The summed E-state index contributed by atoms with van der Waals surface area (Å²) in [6, 6.07) is 28.8. The first-order chi connectivity index (χ1) is 18.1. The second-order valence-electron chi connectivity index (χ2n) is 8.83. The quantitative estimate of drug-likeness (QED) is 0.342. The van der Waals surface area contributed by atoms with E-state index >= 15 is 0 Å². The Hall–Kier alpha value is -4.43. The number of nitrogens with zero attached hydrogens (tertiary/aromatic N) is 4. The molecule has 1 atom stereocenters. The Labute approximate surface area is 219 Å². The van der Waals surface area contributed by atoms with Crippen molar-refractivity contribution in [3.8, 4) is 0 Å². The molecule has 0 bridgehead atoms. The first-order valence-corrected chi connectivity index (χ1v) is 13.1. The Morgan fingerprint density at radius 3 is 2.19 bits per heavy atom. The number of nitrogens with one attached hydrogen (secondary N) is 1. The molecule has 37 heavy (non-hydrogen) atoms. The van der Waals surface area contributed by atoms with Crippen LogP contribution < -0.4 is 15.3 Å². The largest absolute Gasteiger partial charge is 0.612 e. The minimum atomic E-state index is -0.700. The van der Waals surface area contributed by atoms with Crippen molar-refractivity contribution in [3.05, 3.63) is 137 Å². The lowest BCUT2D eigenvalue weighted by molar-refractivity contribution is -0.377. The van der Waals surface area contributed by atoms with Gasteiger partial charge in [-0.05, 0) is 42.7 Å². The predicted octanol–water partition coefficient (Wildman–Crippen LogP) is 5.95. The van der Waals surface area contributed by atoms with Crippen LogP contribution in [-0.4, -0.2) is 21.9 Å². The Kier molecular flexibility index (Phi) is 5.73. The highest BCUT2D eigenvalue weighted by Crippen LogP contribution is 2.52. The zero-order valence-electron chi connectivity index (χ0n) is 20.1. The van der Waals surface area contributed by atoms with Crippen LogP contribution in [0, 0.1) is 10.4 Å². The van der Waals surface area contributed by atoms with Gasteiger partial charge in [-0.1, -0.05) is 60.7 Å². The van der Waals surface area contributed by atoms with E-state index in [9.17, 15) is 10.4 Å². The molecule has 8 heteroatoms. The van der Waals surface area contributed by atoms with E-state index in [0.717, 1.165) is 39.1 Å². The van der Waals surface area contributed by atoms with Crippen LogP contribution in [0.5, 0.6) is 0 Å². The number of aliphatic imine (C=N–C) groups is 1. The lowest BCUT2D eigenvalue weighted by Crippen LogP contribution is -2.53. The van der Waals surface area contributed by atoms with Crippen molar-refractivity contribution < 1.29 is 4.90 Å². The average molecular weight is 507 g/mol. The highest BCUT2D eigenvalue weighted by Gasteiger charge is 2.54. The molecule has 0 spiro atoms. The lowest BCUT2D eigenvalue weighted by Gasteiger charge is -2.43. The molecular formula is C29H24N5O2S-. The van der Waals surface area contributed by atoms with Crippen molar-refractivity contribution in [2.24, 2.45) is 4.99 Å². The predicted molar refractivity (Wildman–Crippen MR) is 152 cm³/mol. The Bertz CT molecular complexity index is 1470. The molecule has 1 N–H and O–H groups in total. The number of hydrogen-bond acceptors (Lipinski definition) is 7. The molecule has 1 saturated heterocycles. The van der Waals surface area contributed by atoms with E-state index in [1.165, 1.54) is 0 Å². The number of anilines is 2. The highest BCUT2D eigenvalue weighted by atomic mass is 32.2. The number of fused-ring (bicyclic) bond motifs is 3. The maximum atomic E-state index is 11.4. The van der Waals surface area contributed by atoms with Crippen LogP contribution in [0.4, 0.5) is 17.1 Å². The van der Waals surface area contributed by atoms with E-state index in [-0.39, 0.29) is 10.6 Å². The molecule has 0 unspecified atom stereocenters. The SMILES string of the molecule is CSC1=Nc2ccccc2N2C(=C3C=CC(=[N+]([O-])[O-])C=C3)NN(c3ccccc3)[C@@]2(c2ccccc2)C1. The standard InChI is InChI=1S/C29H24N5O2S/c1-37-27-20-29(22-10-4-2-5-11-22)32(26-15-9-8-14-25(26)30-27)28(21-16-18-24(19-17-21)34(35)36)31-33(29)23-12-6-3-7-13-23/h2-19,31H,20H2,1H3/q-1/t29-/m1/s1. The van der Waals surface area contributed by atoms with Crippen LogP contribution in [-0.2, 0) is 5.66 Å². The van der Waals surface area contributed by atoms with E-state index in [1.54, 1.807) is 36.1 Å². The van der Waals surface area contributed by atoms with Crippen molar-refractivity contribution in [2.75, 3.05) is 16.2 Å². The fourth-order valence-electron chi connectivity index (χ4n) is 5.12. The summed E-state index contributed by atoms with van der Waals surface area (Å²) < 4.78 is 0. The van der Waals surface area contributed by atoms with Gasteiger partial charge in [0.2, 0.25) is 5.71 Å². The van der Waals surface area contributed by atoms with Crippen LogP contribution in [0.2, 0.25) is 0 Å². The summed E-state index contributed by atoms with van der Waals surface area (Å²) in [5.41, 5.74) is 7.83. The Morgan fingerprint density at radius 1 is 0.865 bits per heavy atom. The van der Waals surface area contributed by atoms with Crippen molar-refractivity contribution in [1.29, 1.82) is 0 Å². The smallest absolute Gasteiger partial charge is 0.222 e. The van der Waals surface area contributed by atoms with Gasteiger partial charge in [0.05, 0.1) is 22.1 Å². The monoisotopic (exact) mass is 506 g/mol. The normalized spacial score (nSPS) is 20.2. The topological polar surface area (TPSA) is 80.0 Å². The van der Waals surface area contributed by atoms with Crippen molar-refractivity contribution in [3.63, 3.8) is 0 Å². The van der Waals surface area contributed by atoms with E-state index in [0.29, 0.717) is 6.42 Å². The van der Waals surface area contributed by atoms with Gasteiger partial charge >= 0.3 is 0 Å². The molecule has 0 aromatic heterocycles.